The molecule has 0 aliphatic heterocycles. The monoisotopic (exact) mass is 841 g/mol. The molecule has 0 heterocycles. The molecule has 60 heavy (non-hydrogen) atoms. The van der Waals surface area contributed by atoms with Gasteiger partial charge >= 0.3 is 17.9 Å². The number of esters is 3. The lowest BCUT2D eigenvalue weighted by molar-refractivity contribution is -0.167. The Kier molecular flexibility index (Phi) is 46.9. The first-order valence-corrected chi connectivity index (χ1v) is 25.6. The molecule has 0 fully saturated rings. The molecule has 0 saturated heterocycles. The van der Waals surface area contributed by atoms with Crippen molar-refractivity contribution in [2.75, 3.05) is 13.2 Å². The van der Waals surface area contributed by atoms with Gasteiger partial charge in [0.2, 0.25) is 0 Å². The summed E-state index contributed by atoms with van der Waals surface area (Å²) in [4.78, 5) is 37.8. The van der Waals surface area contributed by atoms with E-state index in [1.165, 1.54) is 135 Å². The third kappa shape index (κ3) is 46.4. The largest absolute Gasteiger partial charge is 0.462 e. The molecule has 0 aliphatic rings. The van der Waals surface area contributed by atoms with Crippen molar-refractivity contribution >= 4 is 17.9 Å². The lowest BCUT2D eigenvalue weighted by Gasteiger charge is -2.18. The molecule has 0 rings (SSSR count). The second kappa shape index (κ2) is 49.0. The number of unbranched alkanes of at least 4 members (excludes halogenated alkanes) is 27. The summed E-state index contributed by atoms with van der Waals surface area (Å²) in [5.74, 6) is -0.950. The van der Waals surface area contributed by atoms with Crippen molar-refractivity contribution in [3.8, 4) is 0 Å². The van der Waals surface area contributed by atoms with E-state index in [4.69, 9.17) is 14.2 Å². The van der Waals surface area contributed by atoms with Crippen molar-refractivity contribution in [3.05, 3.63) is 48.6 Å². The molecule has 0 spiro atoms. The zero-order chi connectivity index (χ0) is 43.7. The van der Waals surface area contributed by atoms with Crippen LogP contribution in [0.2, 0.25) is 0 Å². The minimum atomic E-state index is -0.793. The van der Waals surface area contributed by atoms with Crippen molar-refractivity contribution in [1.82, 2.24) is 0 Å². The normalized spacial score (nSPS) is 12.4. The van der Waals surface area contributed by atoms with Crippen molar-refractivity contribution in [2.24, 2.45) is 0 Å². The fraction of sp³-hybridized carbons (Fsp3) is 0.796. The Labute approximate surface area is 371 Å². The van der Waals surface area contributed by atoms with Crippen LogP contribution in [0.3, 0.4) is 0 Å². The summed E-state index contributed by atoms with van der Waals surface area (Å²) in [5.41, 5.74) is 0. The molecule has 6 nitrogen and oxygen atoms in total. The van der Waals surface area contributed by atoms with Crippen LogP contribution in [-0.2, 0) is 28.6 Å². The average molecular weight is 841 g/mol. The number of carbonyl (C=O) groups excluding carboxylic acids is 3. The Hall–Kier alpha value is -2.63. The molecule has 0 aromatic heterocycles. The predicted molar refractivity (Wildman–Crippen MR) is 256 cm³/mol. The zero-order valence-electron chi connectivity index (χ0n) is 39.7. The fourth-order valence-electron chi connectivity index (χ4n) is 7.23. The second-order valence-corrected chi connectivity index (χ2v) is 17.1. The smallest absolute Gasteiger partial charge is 0.306 e. The highest BCUT2D eigenvalue weighted by molar-refractivity contribution is 5.71. The molecule has 348 valence electrons. The Balaban J connectivity index is 4.32. The quantitative estimate of drug-likeness (QED) is 0.0263. The number of ether oxygens (including phenoxy) is 3. The van der Waals surface area contributed by atoms with Gasteiger partial charge in [-0.15, -0.1) is 0 Å². The maximum atomic E-state index is 12.7. The maximum Gasteiger partial charge on any atom is 0.306 e. The lowest BCUT2D eigenvalue weighted by atomic mass is 10.0. The van der Waals surface area contributed by atoms with Crippen LogP contribution in [-0.4, -0.2) is 37.2 Å². The van der Waals surface area contributed by atoms with Crippen LogP contribution in [0.4, 0.5) is 0 Å². The number of carbonyl (C=O) groups is 3. The Bertz CT molecular complexity index is 1060. The molecule has 0 saturated carbocycles. The van der Waals surface area contributed by atoms with E-state index in [1.807, 2.05) is 0 Å². The SMILES string of the molecule is CC/C=C\C/C=C\C/C=C\CCCC(=O)OCC(COC(=O)CCCCCCCCCCCCCCCCCCCCC)OC(=O)CCCCCCC/C=C\CCCCC. The molecule has 1 atom stereocenters. The Morgan fingerprint density at radius 1 is 0.350 bits per heavy atom. The first kappa shape index (κ1) is 57.4. The number of rotatable bonds is 46. The highest BCUT2D eigenvalue weighted by Crippen LogP contribution is 2.16. The van der Waals surface area contributed by atoms with Crippen molar-refractivity contribution in [1.29, 1.82) is 0 Å². The Morgan fingerprint density at radius 3 is 1.13 bits per heavy atom. The van der Waals surface area contributed by atoms with Gasteiger partial charge in [-0.05, 0) is 70.6 Å². The van der Waals surface area contributed by atoms with Gasteiger partial charge in [0.1, 0.15) is 13.2 Å². The summed E-state index contributed by atoms with van der Waals surface area (Å²) in [7, 11) is 0. The van der Waals surface area contributed by atoms with Crippen LogP contribution in [0.15, 0.2) is 48.6 Å². The molecule has 0 aromatic rings. The van der Waals surface area contributed by atoms with E-state index in [0.29, 0.717) is 19.3 Å². The van der Waals surface area contributed by atoms with Gasteiger partial charge in [-0.25, -0.2) is 0 Å². The third-order valence-corrected chi connectivity index (χ3v) is 11.1. The van der Waals surface area contributed by atoms with Gasteiger partial charge in [-0.1, -0.05) is 217 Å². The van der Waals surface area contributed by atoms with Crippen molar-refractivity contribution < 1.29 is 28.6 Å². The highest BCUT2D eigenvalue weighted by atomic mass is 16.6. The van der Waals surface area contributed by atoms with Crippen LogP contribution in [0.1, 0.15) is 258 Å². The minimum Gasteiger partial charge on any atom is -0.462 e. The van der Waals surface area contributed by atoms with E-state index in [1.54, 1.807) is 0 Å². The van der Waals surface area contributed by atoms with E-state index >= 15 is 0 Å². The lowest BCUT2D eigenvalue weighted by Crippen LogP contribution is -2.30. The molecule has 6 heteroatoms. The van der Waals surface area contributed by atoms with Gasteiger partial charge in [0, 0.05) is 19.3 Å². The van der Waals surface area contributed by atoms with Crippen LogP contribution in [0, 0.1) is 0 Å². The predicted octanol–water partition coefficient (Wildman–Crippen LogP) is 16.7. The number of allylic oxidation sites excluding steroid dienone is 8. The molecule has 0 amide bonds. The topological polar surface area (TPSA) is 78.9 Å². The summed E-state index contributed by atoms with van der Waals surface area (Å²) in [6, 6.07) is 0. The van der Waals surface area contributed by atoms with E-state index < -0.39 is 6.10 Å². The van der Waals surface area contributed by atoms with Gasteiger partial charge in [0.05, 0.1) is 0 Å². The summed E-state index contributed by atoms with van der Waals surface area (Å²) < 4.78 is 16.7. The van der Waals surface area contributed by atoms with Crippen molar-refractivity contribution in [2.45, 2.75) is 264 Å². The van der Waals surface area contributed by atoms with Gasteiger partial charge < -0.3 is 14.2 Å². The van der Waals surface area contributed by atoms with E-state index in [0.717, 1.165) is 77.0 Å². The van der Waals surface area contributed by atoms with Crippen LogP contribution < -0.4 is 0 Å². The molecule has 0 bridgehead atoms. The fourth-order valence-corrected chi connectivity index (χ4v) is 7.23. The van der Waals surface area contributed by atoms with Gasteiger partial charge in [0.15, 0.2) is 6.10 Å². The van der Waals surface area contributed by atoms with Crippen molar-refractivity contribution in [3.63, 3.8) is 0 Å². The van der Waals surface area contributed by atoms with E-state index in [-0.39, 0.29) is 37.5 Å². The van der Waals surface area contributed by atoms with E-state index in [2.05, 4.69) is 69.4 Å². The summed E-state index contributed by atoms with van der Waals surface area (Å²) in [6.07, 6.45) is 58.3. The second-order valence-electron chi connectivity index (χ2n) is 17.1. The summed E-state index contributed by atoms with van der Waals surface area (Å²) in [6.45, 7) is 6.46. The standard InChI is InChI=1S/C54H96O6/c1-4-7-10-13-16-19-22-24-25-26-27-28-29-30-33-35-38-41-44-47-53(56)59-50-51(49-58-52(55)46-43-40-37-34-31-21-18-15-12-9-6-3)60-54(57)48-45-42-39-36-32-23-20-17-14-11-8-5-2/h9,12,17-18,20-21,34,37,51H,4-8,10-11,13-16,19,22-33,35-36,38-50H2,1-3H3/b12-9-,20-17-,21-18-,37-34-. The number of hydrogen-bond donors (Lipinski definition) is 0. The zero-order valence-corrected chi connectivity index (χ0v) is 39.7. The molecule has 0 radical (unpaired) electrons. The summed E-state index contributed by atoms with van der Waals surface area (Å²) >= 11 is 0. The third-order valence-electron chi connectivity index (χ3n) is 11.1. The molecule has 0 aromatic carbocycles. The Morgan fingerprint density at radius 2 is 0.667 bits per heavy atom. The van der Waals surface area contributed by atoms with Crippen LogP contribution in [0.25, 0.3) is 0 Å². The number of hydrogen-bond acceptors (Lipinski definition) is 6. The maximum absolute atomic E-state index is 12.7. The summed E-state index contributed by atoms with van der Waals surface area (Å²) in [5, 5.41) is 0. The molecule has 0 N–H and O–H groups in total. The molecule has 1 unspecified atom stereocenters. The molecular formula is C54H96O6. The average Bonchev–Trinajstić information content (AvgIpc) is 3.24. The highest BCUT2D eigenvalue weighted by Gasteiger charge is 2.19. The minimum absolute atomic E-state index is 0.0898. The van der Waals surface area contributed by atoms with E-state index in [9.17, 15) is 14.4 Å². The first-order chi connectivity index (χ1) is 29.5. The molecular weight excluding hydrogens is 745 g/mol. The van der Waals surface area contributed by atoms with Crippen LogP contribution in [0.5, 0.6) is 0 Å². The van der Waals surface area contributed by atoms with Crippen LogP contribution >= 0.6 is 0 Å². The van der Waals surface area contributed by atoms with Gasteiger partial charge in [-0.2, -0.15) is 0 Å². The van der Waals surface area contributed by atoms with Gasteiger partial charge in [0.25, 0.3) is 0 Å². The molecule has 0 aliphatic carbocycles. The van der Waals surface area contributed by atoms with Gasteiger partial charge in [-0.3, -0.25) is 14.4 Å². The first-order valence-electron chi connectivity index (χ1n) is 25.6.